The van der Waals surface area contributed by atoms with Crippen molar-refractivity contribution in [3.8, 4) is 5.75 Å². The van der Waals surface area contributed by atoms with Crippen LogP contribution in [0.4, 0.5) is 5.69 Å². The van der Waals surface area contributed by atoms with Crippen molar-refractivity contribution in [1.82, 2.24) is 0 Å². The van der Waals surface area contributed by atoms with Crippen LogP contribution in [0.15, 0.2) is 59.4 Å². The maximum Gasteiger partial charge on any atom is 0.270 e. The summed E-state index contributed by atoms with van der Waals surface area (Å²) in [7, 11) is 0. The predicted octanol–water partition coefficient (Wildman–Crippen LogP) is 1.30. The van der Waals surface area contributed by atoms with Crippen LogP contribution in [0.1, 0.15) is 23.1 Å². The largest absolute Gasteiger partial charge is 0.508 e. The summed E-state index contributed by atoms with van der Waals surface area (Å²) >= 11 is 0. The Bertz CT molecular complexity index is 1570. The molecule has 3 aliphatic rings. The Kier molecular flexibility index (Phi) is 5.47. The topological polar surface area (TPSA) is 222 Å². The number of nitro benzene ring substituents is 1. The van der Waals surface area contributed by atoms with Gasteiger partial charge in [-0.2, -0.15) is 0 Å². The molecule has 5 rings (SSSR count). The molecule has 194 valence electrons. The average Bonchev–Trinajstić information content (AvgIpc) is 2.86. The van der Waals surface area contributed by atoms with E-state index in [4.69, 9.17) is 5.73 Å². The molecule has 7 N–H and O–H groups in total. The van der Waals surface area contributed by atoms with Crippen LogP contribution in [-0.4, -0.2) is 59.6 Å². The number of aliphatic hydroxyl groups excluding tert-OH is 3. The summed E-state index contributed by atoms with van der Waals surface area (Å²) in [5, 5.41) is 66.6. The highest BCUT2D eigenvalue weighted by Crippen LogP contribution is 2.55. The zero-order chi connectivity index (χ0) is 27.7. The SMILES string of the molecule is NC(=O)C1=C(O)C2(O)C(=O)C3=C(O)c4c(O)cccc4/C(=C\c4cccc([N+](=O)[O-])c4)[C@H]3[C@H](O)[C@H]2CC1=O. The van der Waals surface area contributed by atoms with Gasteiger partial charge in [-0.3, -0.25) is 24.5 Å². The first-order valence-electron chi connectivity index (χ1n) is 11.3. The van der Waals surface area contributed by atoms with Gasteiger partial charge in [0.25, 0.3) is 11.6 Å². The molecule has 38 heavy (non-hydrogen) atoms. The van der Waals surface area contributed by atoms with Gasteiger partial charge in [-0.1, -0.05) is 30.3 Å². The number of nitrogens with zero attached hydrogens (tertiary/aromatic N) is 1. The van der Waals surface area contributed by atoms with E-state index in [1.54, 1.807) is 0 Å². The molecule has 1 fully saturated rings. The second-order valence-corrected chi connectivity index (χ2v) is 9.30. The number of aromatic hydroxyl groups is 1. The van der Waals surface area contributed by atoms with Crippen LogP contribution >= 0.6 is 0 Å². The van der Waals surface area contributed by atoms with E-state index in [9.17, 15) is 50.0 Å². The third kappa shape index (κ3) is 3.27. The van der Waals surface area contributed by atoms with Crippen LogP contribution in [0.3, 0.4) is 0 Å². The lowest BCUT2D eigenvalue weighted by Gasteiger charge is -2.49. The van der Waals surface area contributed by atoms with Crippen molar-refractivity contribution in [2.45, 2.75) is 18.1 Å². The molecular formula is C26H20N2O10. The molecule has 12 heteroatoms. The third-order valence-electron chi connectivity index (χ3n) is 7.30. The number of non-ortho nitro benzene ring substituents is 1. The normalized spacial score (nSPS) is 27.6. The first kappa shape index (κ1) is 24.9. The fraction of sp³-hybridized carbons (Fsp3) is 0.192. The predicted molar refractivity (Wildman–Crippen MR) is 130 cm³/mol. The quantitative estimate of drug-likeness (QED) is 0.193. The van der Waals surface area contributed by atoms with Gasteiger partial charge in [0.2, 0.25) is 5.78 Å². The van der Waals surface area contributed by atoms with Crippen LogP contribution in [0.2, 0.25) is 0 Å². The van der Waals surface area contributed by atoms with Gasteiger partial charge in [0.15, 0.2) is 11.4 Å². The minimum Gasteiger partial charge on any atom is -0.508 e. The average molecular weight is 520 g/mol. The van der Waals surface area contributed by atoms with Crippen LogP contribution < -0.4 is 5.73 Å². The molecule has 2 aromatic carbocycles. The second-order valence-electron chi connectivity index (χ2n) is 9.30. The summed E-state index contributed by atoms with van der Waals surface area (Å²) in [5.41, 5.74) is 0.760. The Morgan fingerprint density at radius 2 is 1.82 bits per heavy atom. The van der Waals surface area contributed by atoms with Gasteiger partial charge in [-0.15, -0.1) is 0 Å². The number of nitrogens with two attached hydrogens (primary N) is 1. The Hall–Kier alpha value is -4.81. The molecule has 3 aliphatic carbocycles. The number of phenolic OH excluding ortho intramolecular Hbond substituents is 1. The molecule has 12 nitrogen and oxygen atoms in total. The number of amides is 1. The summed E-state index contributed by atoms with van der Waals surface area (Å²) < 4.78 is 0. The number of hydrogen-bond donors (Lipinski definition) is 6. The number of fused-ring (bicyclic) bond motifs is 3. The molecule has 0 aliphatic heterocycles. The van der Waals surface area contributed by atoms with E-state index in [0.29, 0.717) is 0 Å². The number of ketones is 2. The summed E-state index contributed by atoms with van der Waals surface area (Å²) in [6.45, 7) is 0. The number of Topliss-reactive ketones (excluding diaryl/α,β-unsaturated/α-hetero) is 2. The van der Waals surface area contributed by atoms with E-state index in [1.807, 2.05) is 0 Å². The van der Waals surface area contributed by atoms with E-state index in [0.717, 1.165) is 0 Å². The number of benzene rings is 2. The van der Waals surface area contributed by atoms with E-state index in [-0.39, 0.29) is 28.0 Å². The number of aliphatic hydroxyl groups is 4. The van der Waals surface area contributed by atoms with Gasteiger partial charge in [-0.05, 0) is 22.8 Å². The van der Waals surface area contributed by atoms with Crippen molar-refractivity contribution in [3.63, 3.8) is 0 Å². The fourth-order valence-electron chi connectivity index (χ4n) is 5.60. The number of primary amides is 1. The molecule has 0 heterocycles. The highest BCUT2D eigenvalue weighted by molar-refractivity contribution is 6.23. The number of rotatable bonds is 3. The van der Waals surface area contributed by atoms with Gasteiger partial charge in [-0.25, -0.2) is 0 Å². The minimum atomic E-state index is -2.98. The van der Waals surface area contributed by atoms with Gasteiger partial charge >= 0.3 is 0 Å². The Labute approximate surface area is 213 Å². The lowest BCUT2D eigenvalue weighted by molar-refractivity contribution is -0.384. The summed E-state index contributed by atoms with van der Waals surface area (Å²) in [4.78, 5) is 48.9. The highest BCUT2D eigenvalue weighted by atomic mass is 16.6. The van der Waals surface area contributed by atoms with Gasteiger partial charge in [0.05, 0.1) is 22.2 Å². The molecule has 4 atom stereocenters. The number of phenols is 1. The minimum absolute atomic E-state index is 0.142. The molecule has 0 spiro atoms. The van der Waals surface area contributed by atoms with Crippen molar-refractivity contribution in [2.75, 3.05) is 0 Å². The van der Waals surface area contributed by atoms with Crippen molar-refractivity contribution >= 4 is 40.6 Å². The van der Waals surface area contributed by atoms with E-state index in [1.165, 1.54) is 48.5 Å². The van der Waals surface area contributed by atoms with Gasteiger partial charge in [0.1, 0.15) is 22.8 Å². The lowest BCUT2D eigenvalue weighted by Crippen LogP contribution is -2.63. The molecule has 0 bridgehead atoms. The Morgan fingerprint density at radius 1 is 1.13 bits per heavy atom. The Balaban J connectivity index is 1.81. The van der Waals surface area contributed by atoms with E-state index < -0.39 is 80.8 Å². The van der Waals surface area contributed by atoms with Crippen molar-refractivity contribution in [1.29, 1.82) is 0 Å². The van der Waals surface area contributed by atoms with Crippen molar-refractivity contribution in [2.24, 2.45) is 17.6 Å². The van der Waals surface area contributed by atoms with Crippen LogP contribution in [0, 0.1) is 22.0 Å². The standard InChI is InChI=1S/C26H20N2O10/c27-25(35)19-16(30)9-14-21(31)18-13(8-10-3-1-4-11(7-10)28(37)38)12-5-2-6-15(29)17(12)22(32)20(18)24(34)26(14,36)23(19)33/h1-8,14,18,21,29,31-33,36H,9H2,(H2,27,35)/b13-8+/t14-,18-,21-,26?/m1/s1. The van der Waals surface area contributed by atoms with Crippen LogP contribution in [0.5, 0.6) is 5.75 Å². The van der Waals surface area contributed by atoms with Gasteiger partial charge in [0, 0.05) is 30.4 Å². The molecule has 1 saturated carbocycles. The van der Waals surface area contributed by atoms with Gasteiger partial charge < -0.3 is 31.3 Å². The maximum atomic E-state index is 13.8. The van der Waals surface area contributed by atoms with Crippen LogP contribution in [0.25, 0.3) is 17.4 Å². The molecular weight excluding hydrogens is 500 g/mol. The van der Waals surface area contributed by atoms with Crippen LogP contribution in [-0.2, 0) is 14.4 Å². The maximum absolute atomic E-state index is 13.8. The number of nitro groups is 1. The summed E-state index contributed by atoms with van der Waals surface area (Å²) in [6, 6.07) is 9.59. The smallest absolute Gasteiger partial charge is 0.270 e. The fourth-order valence-corrected chi connectivity index (χ4v) is 5.60. The summed E-state index contributed by atoms with van der Waals surface area (Å²) in [5.74, 6) is -9.30. The zero-order valence-electron chi connectivity index (χ0n) is 19.4. The molecule has 1 unspecified atom stereocenters. The molecule has 0 saturated heterocycles. The number of hydrogen-bond acceptors (Lipinski definition) is 10. The zero-order valence-corrected chi connectivity index (χ0v) is 19.4. The first-order chi connectivity index (χ1) is 17.9. The monoisotopic (exact) mass is 520 g/mol. The molecule has 2 aromatic rings. The number of carbonyl (C=O) groups excluding carboxylic acids is 3. The van der Waals surface area contributed by atoms with Crippen molar-refractivity contribution in [3.05, 3.63) is 86.2 Å². The lowest BCUT2D eigenvalue weighted by atomic mass is 9.56. The molecule has 0 aromatic heterocycles. The van der Waals surface area contributed by atoms with E-state index >= 15 is 0 Å². The third-order valence-corrected chi connectivity index (χ3v) is 7.30. The van der Waals surface area contributed by atoms with E-state index in [2.05, 4.69) is 0 Å². The highest BCUT2D eigenvalue weighted by Gasteiger charge is 2.64. The summed E-state index contributed by atoms with van der Waals surface area (Å²) in [6.07, 6.45) is -1.10. The number of carbonyl (C=O) groups is 3. The van der Waals surface area contributed by atoms with Crippen molar-refractivity contribution < 1.29 is 44.8 Å². The molecule has 1 amide bonds. The molecule has 0 radical (unpaired) electrons. The Morgan fingerprint density at radius 3 is 2.47 bits per heavy atom. The first-order valence-corrected chi connectivity index (χ1v) is 11.3. The second kappa shape index (κ2) is 8.36.